The molecule has 0 spiro atoms. The minimum atomic E-state index is -0.377. The lowest BCUT2D eigenvalue weighted by Gasteiger charge is -2.17. The topological polar surface area (TPSA) is 75.4 Å². The van der Waals surface area contributed by atoms with E-state index in [1.54, 1.807) is 23.2 Å². The molecule has 1 aliphatic rings. The van der Waals surface area contributed by atoms with Crippen molar-refractivity contribution in [1.29, 1.82) is 0 Å². The molecule has 3 aromatic rings. The number of benzene rings is 1. The number of halogens is 1. The Kier molecular flexibility index (Phi) is 5.05. The molecule has 2 amide bonds. The van der Waals surface area contributed by atoms with Gasteiger partial charge in [0.15, 0.2) is 0 Å². The highest BCUT2D eigenvalue weighted by molar-refractivity contribution is 6.31. The van der Waals surface area contributed by atoms with E-state index in [4.69, 9.17) is 16.0 Å². The van der Waals surface area contributed by atoms with Gasteiger partial charge in [-0.05, 0) is 43.3 Å². The normalized spacial score (nSPS) is 17.9. The molecule has 0 saturated carbocycles. The van der Waals surface area contributed by atoms with Crippen LogP contribution in [0.25, 0.3) is 11.0 Å². The van der Waals surface area contributed by atoms with Crippen LogP contribution in [0.5, 0.6) is 0 Å². The average molecular weight is 398 g/mol. The maximum atomic E-state index is 12.7. The fourth-order valence-electron chi connectivity index (χ4n) is 3.44. The van der Waals surface area contributed by atoms with E-state index in [0.29, 0.717) is 23.9 Å². The van der Waals surface area contributed by atoms with Crippen LogP contribution in [-0.4, -0.2) is 28.2 Å². The molecule has 144 valence electrons. The summed E-state index contributed by atoms with van der Waals surface area (Å²) >= 11 is 6.01. The highest BCUT2D eigenvalue weighted by atomic mass is 35.5. The van der Waals surface area contributed by atoms with Crippen molar-refractivity contribution in [3.63, 3.8) is 0 Å². The molecule has 0 bridgehead atoms. The van der Waals surface area contributed by atoms with Crippen LogP contribution >= 0.6 is 11.6 Å². The Labute approximate surface area is 167 Å². The second kappa shape index (κ2) is 7.64. The van der Waals surface area contributed by atoms with Crippen molar-refractivity contribution >= 4 is 34.4 Å². The third-order valence-electron chi connectivity index (χ3n) is 4.95. The zero-order valence-corrected chi connectivity index (χ0v) is 16.1. The van der Waals surface area contributed by atoms with Gasteiger partial charge in [0.1, 0.15) is 11.3 Å². The largest absolute Gasteiger partial charge is 0.459 e. The SMILES string of the molecule is CC(NC(=O)C1CC(=O)N(Cc2ccccn2)C1)c1cc2cc(Cl)ccc2o1. The van der Waals surface area contributed by atoms with Crippen LogP contribution in [-0.2, 0) is 16.1 Å². The fourth-order valence-corrected chi connectivity index (χ4v) is 3.62. The molecule has 1 aliphatic heterocycles. The summed E-state index contributed by atoms with van der Waals surface area (Å²) in [6.45, 7) is 2.67. The number of nitrogens with one attached hydrogen (secondary N) is 1. The maximum Gasteiger partial charge on any atom is 0.226 e. The van der Waals surface area contributed by atoms with Gasteiger partial charge in [-0.1, -0.05) is 17.7 Å². The highest BCUT2D eigenvalue weighted by Gasteiger charge is 2.35. The van der Waals surface area contributed by atoms with Crippen molar-refractivity contribution in [2.24, 2.45) is 5.92 Å². The Bertz CT molecular complexity index is 1020. The molecule has 0 radical (unpaired) electrons. The van der Waals surface area contributed by atoms with Gasteiger partial charge in [-0.15, -0.1) is 0 Å². The molecule has 1 fully saturated rings. The molecule has 2 atom stereocenters. The van der Waals surface area contributed by atoms with E-state index >= 15 is 0 Å². The standard InChI is InChI=1S/C21H20ClN3O3/c1-13(19-9-14-8-16(22)5-6-18(14)28-19)24-21(27)15-10-20(26)25(11-15)12-17-4-2-3-7-23-17/h2-9,13,15H,10-12H2,1H3,(H,24,27). The number of rotatable bonds is 5. The number of nitrogens with zero attached hydrogens (tertiary/aromatic N) is 2. The third kappa shape index (κ3) is 3.87. The van der Waals surface area contributed by atoms with E-state index in [0.717, 1.165) is 16.7 Å². The van der Waals surface area contributed by atoms with Gasteiger partial charge in [-0.2, -0.15) is 0 Å². The average Bonchev–Trinajstić information content (AvgIpc) is 3.26. The Morgan fingerprint density at radius 1 is 1.36 bits per heavy atom. The van der Waals surface area contributed by atoms with Crippen LogP contribution in [0, 0.1) is 5.92 Å². The van der Waals surface area contributed by atoms with Gasteiger partial charge in [0.05, 0.1) is 24.2 Å². The molecule has 0 aliphatic carbocycles. The zero-order chi connectivity index (χ0) is 19.7. The summed E-state index contributed by atoms with van der Waals surface area (Å²) in [7, 11) is 0. The molecule has 3 heterocycles. The molecule has 6 nitrogen and oxygen atoms in total. The summed E-state index contributed by atoms with van der Waals surface area (Å²) in [5.74, 6) is 0.0949. The molecule has 2 aromatic heterocycles. The zero-order valence-electron chi connectivity index (χ0n) is 15.4. The first kappa shape index (κ1) is 18.5. The second-order valence-corrected chi connectivity index (χ2v) is 7.49. The van der Waals surface area contributed by atoms with Crippen molar-refractivity contribution in [2.45, 2.75) is 25.9 Å². The Hall–Kier alpha value is -2.86. The van der Waals surface area contributed by atoms with E-state index in [1.165, 1.54) is 0 Å². The Morgan fingerprint density at radius 2 is 2.21 bits per heavy atom. The van der Waals surface area contributed by atoms with E-state index in [9.17, 15) is 9.59 Å². The number of amides is 2. The van der Waals surface area contributed by atoms with Crippen molar-refractivity contribution in [2.75, 3.05) is 6.54 Å². The summed E-state index contributed by atoms with van der Waals surface area (Å²) in [5.41, 5.74) is 1.53. The quantitative estimate of drug-likeness (QED) is 0.712. The lowest BCUT2D eigenvalue weighted by molar-refractivity contribution is -0.129. The number of carbonyl (C=O) groups excluding carboxylic acids is 2. The van der Waals surface area contributed by atoms with Gasteiger partial charge in [0, 0.05) is 29.6 Å². The van der Waals surface area contributed by atoms with Crippen LogP contribution in [0.15, 0.2) is 53.1 Å². The molecular formula is C21H20ClN3O3. The second-order valence-electron chi connectivity index (χ2n) is 7.06. The van der Waals surface area contributed by atoms with Gasteiger partial charge in [0.25, 0.3) is 0 Å². The Balaban J connectivity index is 1.39. The predicted molar refractivity (Wildman–Crippen MR) is 106 cm³/mol. The highest BCUT2D eigenvalue weighted by Crippen LogP contribution is 2.27. The third-order valence-corrected chi connectivity index (χ3v) is 5.18. The lowest BCUT2D eigenvalue weighted by atomic mass is 10.1. The molecule has 1 N–H and O–H groups in total. The van der Waals surface area contributed by atoms with Gasteiger partial charge in [-0.3, -0.25) is 14.6 Å². The molecule has 7 heteroatoms. The smallest absolute Gasteiger partial charge is 0.226 e. The monoisotopic (exact) mass is 397 g/mol. The minimum Gasteiger partial charge on any atom is -0.459 e. The van der Waals surface area contributed by atoms with Crippen LogP contribution in [0.3, 0.4) is 0 Å². The number of fused-ring (bicyclic) bond motifs is 1. The number of pyridine rings is 1. The van der Waals surface area contributed by atoms with Crippen molar-refractivity contribution < 1.29 is 14.0 Å². The van der Waals surface area contributed by atoms with Crippen LogP contribution in [0.2, 0.25) is 5.02 Å². The number of carbonyl (C=O) groups is 2. The first-order valence-electron chi connectivity index (χ1n) is 9.16. The summed E-state index contributed by atoms with van der Waals surface area (Å²) in [5, 5.41) is 4.48. The molecule has 1 aromatic carbocycles. The summed E-state index contributed by atoms with van der Waals surface area (Å²) in [6, 6.07) is 12.5. The minimum absolute atomic E-state index is 0.0307. The van der Waals surface area contributed by atoms with Gasteiger partial charge >= 0.3 is 0 Å². The number of aromatic nitrogens is 1. The summed E-state index contributed by atoms with van der Waals surface area (Å²) < 4.78 is 5.81. The van der Waals surface area contributed by atoms with Crippen LogP contribution < -0.4 is 5.32 Å². The number of likely N-dealkylation sites (tertiary alicyclic amines) is 1. The molecular weight excluding hydrogens is 378 g/mol. The fraction of sp³-hybridized carbons (Fsp3) is 0.286. The van der Waals surface area contributed by atoms with Gasteiger partial charge in [-0.25, -0.2) is 0 Å². The van der Waals surface area contributed by atoms with Crippen LogP contribution in [0.1, 0.15) is 30.8 Å². The number of hydrogen-bond donors (Lipinski definition) is 1. The van der Waals surface area contributed by atoms with Crippen molar-refractivity contribution in [3.8, 4) is 0 Å². The first-order valence-corrected chi connectivity index (χ1v) is 9.54. The molecule has 1 saturated heterocycles. The summed E-state index contributed by atoms with van der Waals surface area (Å²) in [4.78, 5) is 30.9. The number of furan rings is 1. The van der Waals surface area contributed by atoms with Gasteiger partial charge < -0.3 is 14.6 Å². The van der Waals surface area contributed by atoms with E-state index in [1.807, 2.05) is 37.3 Å². The van der Waals surface area contributed by atoms with E-state index < -0.39 is 0 Å². The molecule has 4 rings (SSSR count). The first-order chi connectivity index (χ1) is 13.5. The number of hydrogen-bond acceptors (Lipinski definition) is 4. The summed E-state index contributed by atoms with van der Waals surface area (Å²) in [6.07, 6.45) is 1.91. The molecule has 2 unspecified atom stereocenters. The van der Waals surface area contributed by atoms with Gasteiger partial charge in [0.2, 0.25) is 11.8 Å². The molecule has 28 heavy (non-hydrogen) atoms. The Morgan fingerprint density at radius 3 is 3.00 bits per heavy atom. The van der Waals surface area contributed by atoms with Crippen molar-refractivity contribution in [1.82, 2.24) is 15.2 Å². The maximum absolute atomic E-state index is 12.7. The van der Waals surface area contributed by atoms with Crippen molar-refractivity contribution in [3.05, 3.63) is 65.1 Å². The van der Waals surface area contributed by atoms with Crippen LogP contribution in [0.4, 0.5) is 0 Å². The predicted octanol–water partition coefficient (Wildman–Crippen LogP) is 3.71. The lowest BCUT2D eigenvalue weighted by Crippen LogP contribution is -2.34. The van der Waals surface area contributed by atoms with E-state index in [-0.39, 0.29) is 30.2 Å². The van der Waals surface area contributed by atoms with E-state index in [2.05, 4.69) is 10.3 Å².